The quantitative estimate of drug-likeness (QED) is 0.492. The monoisotopic (exact) mass is 406 g/mol. The number of hydrogen-bond donors (Lipinski definition) is 2. The van der Waals surface area contributed by atoms with Crippen LogP contribution in [0.2, 0.25) is 0 Å². The lowest BCUT2D eigenvalue weighted by Crippen LogP contribution is -2.54. The molecular formula is C23H22N2O5. The minimum atomic E-state index is -1.19. The Morgan fingerprint density at radius 3 is 2.10 bits per heavy atom. The van der Waals surface area contributed by atoms with Gasteiger partial charge in [-0.15, -0.1) is 6.58 Å². The van der Waals surface area contributed by atoms with Crippen molar-refractivity contribution >= 4 is 23.7 Å². The predicted octanol–water partition coefficient (Wildman–Crippen LogP) is 2.43. The lowest BCUT2D eigenvalue weighted by atomic mass is 10.0. The van der Waals surface area contributed by atoms with Crippen molar-refractivity contribution in [2.45, 2.75) is 31.3 Å². The highest BCUT2D eigenvalue weighted by Crippen LogP contribution is 2.26. The molecule has 2 aromatic rings. The van der Waals surface area contributed by atoms with Crippen LogP contribution in [0.5, 0.6) is 0 Å². The van der Waals surface area contributed by atoms with Crippen molar-refractivity contribution in [1.29, 1.82) is 0 Å². The van der Waals surface area contributed by atoms with Crippen LogP contribution in [0, 0.1) is 0 Å². The molecule has 1 unspecified atom stereocenters. The fraction of sp³-hybridized carbons (Fsp3) is 0.217. The van der Waals surface area contributed by atoms with Gasteiger partial charge >= 0.3 is 5.97 Å². The van der Waals surface area contributed by atoms with Gasteiger partial charge in [-0.1, -0.05) is 48.5 Å². The van der Waals surface area contributed by atoms with Crippen molar-refractivity contribution in [3.05, 3.63) is 83.9 Å². The minimum Gasteiger partial charge on any atom is -0.480 e. The fourth-order valence-corrected chi connectivity index (χ4v) is 3.44. The van der Waals surface area contributed by atoms with Gasteiger partial charge in [-0.05, 0) is 30.5 Å². The van der Waals surface area contributed by atoms with Crippen LogP contribution in [-0.2, 0) is 16.0 Å². The van der Waals surface area contributed by atoms with E-state index < -0.39 is 35.8 Å². The summed E-state index contributed by atoms with van der Waals surface area (Å²) in [6.45, 7) is 3.56. The molecule has 2 N–H and O–H groups in total. The molecule has 1 aliphatic rings. The number of hydrogen-bond acceptors (Lipinski definition) is 4. The van der Waals surface area contributed by atoms with Gasteiger partial charge in [0.2, 0.25) is 5.91 Å². The molecule has 30 heavy (non-hydrogen) atoms. The number of carboxylic acid groups (broad SMARTS) is 1. The number of nitrogens with one attached hydrogen (secondary N) is 1. The second-order valence-electron chi connectivity index (χ2n) is 7.00. The summed E-state index contributed by atoms with van der Waals surface area (Å²) in [5.74, 6) is -3.01. The molecule has 0 saturated carbocycles. The number of imide groups is 1. The molecule has 0 aromatic heterocycles. The second kappa shape index (κ2) is 9.17. The van der Waals surface area contributed by atoms with Crippen molar-refractivity contribution in [3.63, 3.8) is 0 Å². The summed E-state index contributed by atoms with van der Waals surface area (Å²) in [5.41, 5.74) is 1.21. The van der Waals surface area contributed by atoms with Crippen molar-refractivity contribution < 1.29 is 24.3 Å². The molecule has 2 atom stereocenters. The van der Waals surface area contributed by atoms with Crippen LogP contribution in [-0.4, -0.2) is 45.8 Å². The Morgan fingerprint density at radius 1 is 1.00 bits per heavy atom. The van der Waals surface area contributed by atoms with Gasteiger partial charge in [-0.25, -0.2) is 4.79 Å². The third-order valence-corrected chi connectivity index (χ3v) is 4.99. The van der Waals surface area contributed by atoms with E-state index in [9.17, 15) is 24.3 Å². The maximum absolute atomic E-state index is 13.1. The molecule has 0 saturated heterocycles. The Bertz CT molecular complexity index is 951. The van der Waals surface area contributed by atoms with Gasteiger partial charge in [0.05, 0.1) is 11.1 Å². The van der Waals surface area contributed by atoms with Crippen molar-refractivity contribution in [2.75, 3.05) is 0 Å². The first-order chi connectivity index (χ1) is 14.4. The van der Waals surface area contributed by atoms with E-state index >= 15 is 0 Å². The first kappa shape index (κ1) is 21.0. The maximum atomic E-state index is 13.1. The summed E-state index contributed by atoms with van der Waals surface area (Å²) in [6, 6.07) is 13.0. The molecule has 0 bridgehead atoms. The molecule has 1 heterocycles. The van der Waals surface area contributed by atoms with E-state index in [1.54, 1.807) is 42.5 Å². The number of rotatable bonds is 9. The van der Waals surface area contributed by atoms with Crippen molar-refractivity contribution in [3.8, 4) is 0 Å². The van der Waals surface area contributed by atoms with Gasteiger partial charge in [-0.3, -0.25) is 19.3 Å². The Labute approximate surface area is 174 Å². The molecule has 2 aromatic carbocycles. The van der Waals surface area contributed by atoms with Gasteiger partial charge in [0.15, 0.2) is 0 Å². The van der Waals surface area contributed by atoms with E-state index in [1.165, 1.54) is 12.1 Å². The first-order valence-corrected chi connectivity index (χ1v) is 9.59. The number of nitrogens with zero attached hydrogens (tertiary/aromatic N) is 1. The van der Waals surface area contributed by atoms with Gasteiger partial charge in [0.1, 0.15) is 12.1 Å². The van der Waals surface area contributed by atoms with Crippen LogP contribution in [0.1, 0.15) is 39.1 Å². The normalized spacial score (nSPS) is 14.7. The van der Waals surface area contributed by atoms with E-state index in [0.717, 1.165) is 10.5 Å². The molecule has 7 nitrogen and oxygen atoms in total. The molecule has 154 valence electrons. The average molecular weight is 406 g/mol. The highest BCUT2D eigenvalue weighted by atomic mass is 16.4. The molecule has 0 fully saturated rings. The van der Waals surface area contributed by atoms with Crippen LogP contribution in [0.4, 0.5) is 0 Å². The summed E-state index contributed by atoms with van der Waals surface area (Å²) in [7, 11) is 0. The summed E-state index contributed by atoms with van der Waals surface area (Å²) in [4.78, 5) is 51.5. The summed E-state index contributed by atoms with van der Waals surface area (Å²) >= 11 is 0. The standard InChI is InChI=1S/C23H22N2O5/c1-2-3-13-18(23(29)30)24-20(26)19(14-15-9-5-4-6-10-15)25-21(27)16-11-7-8-12-17(16)22(25)28/h2,4-12,18-19H,1,3,13-14H2,(H,24,26)(H,29,30)/t18?,19-/m0/s1. The topological polar surface area (TPSA) is 104 Å². The van der Waals surface area contributed by atoms with Crippen molar-refractivity contribution in [1.82, 2.24) is 10.2 Å². The molecule has 3 amide bonds. The largest absolute Gasteiger partial charge is 0.480 e. The van der Waals surface area contributed by atoms with E-state index in [4.69, 9.17) is 0 Å². The zero-order valence-corrected chi connectivity index (χ0v) is 16.3. The Hall–Kier alpha value is -3.74. The molecule has 3 rings (SSSR count). The van der Waals surface area contributed by atoms with E-state index in [2.05, 4.69) is 11.9 Å². The average Bonchev–Trinajstić information content (AvgIpc) is 3.00. The number of benzene rings is 2. The summed E-state index contributed by atoms with van der Waals surface area (Å²) in [6.07, 6.45) is 2.19. The molecule has 0 radical (unpaired) electrons. The van der Waals surface area contributed by atoms with Gasteiger partial charge in [0.25, 0.3) is 11.8 Å². The Balaban J connectivity index is 1.92. The molecule has 7 heteroatoms. The van der Waals surface area contributed by atoms with Crippen molar-refractivity contribution in [2.24, 2.45) is 0 Å². The number of carbonyl (C=O) groups excluding carboxylic acids is 3. The Morgan fingerprint density at radius 2 is 1.57 bits per heavy atom. The number of fused-ring (bicyclic) bond motifs is 1. The van der Waals surface area contributed by atoms with Crippen LogP contribution < -0.4 is 5.32 Å². The van der Waals surface area contributed by atoms with Gasteiger partial charge < -0.3 is 10.4 Å². The lowest BCUT2D eigenvalue weighted by Gasteiger charge is -2.27. The van der Waals surface area contributed by atoms with Gasteiger partial charge in [-0.2, -0.15) is 0 Å². The third kappa shape index (κ3) is 4.30. The minimum absolute atomic E-state index is 0.0753. The number of aliphatic carboxylic acids is 1. The third-order valence-electron chi connectivity index (χ3n) is 4.99. The van der Waals surface area contributed by atoms with Gasteiger partial charge in [0, 0.05) is 6.42 Å². The molecule has 0 spiro atoms. The van der Waals surface area contributed by atoms with Crippen LogP contribution in [0.15, 0.2) is 67.3 Å². The SMILES string of the molecule is C=CCCC(NC(=O)[C@H](Cc1ccccc1)N1C(=O)c2ccccc2C1=O)C(=O)O. The smallest absolute Gasteiger partial charge is 0.326 e. The predicted molar refractivity (Wildman–Crippen MR) is 110 cm³/mol. The zero-order valence-electron chi connectivity index (χ0n) is 16.3. The number of amides is 3. The fourth-order valence-electron chi connectivity index (χ4n) is 3.44. The maximum Gasteiger partial charge on any atom is 0.326 e. The first-order valence-electron chi connectivity index (χ1n) is 9.59. The van der Waals surface area contributed by atoms with E-state index in [-0.39, 0.29) is 24.0 Å². The zero-order chi connectivity index (χ0) is 21.7. The number of carboxylic acids is 1. The highest BCUT2D eigenvalue weighted by molar-refractivity contribution is 6.22. The molecule has 0 aliphatic carbocycles. The van der Waals surface area contributed by atoms with Crippen LogP contribution in [0.25, 0.3) is 0 Å². The summed E-state index contributed by atoms with van der Waals surface area (Å²) < 4.78 is 0. The van der Waals surface area contributed by atoms with Crippen LogP contribution in [0.3, 0.4) is 0 Å². The lowest BCUT2D eigenvalue weighted by molar-refractivity contribution is -0.142. The number of allylic oxidation sites excluding steroid dienone is 1. The summed E-state index contributed by atoms with van der Waals surface area (Å²) in [5, 5.41) is 11.9. The number of carbonyl (C=O) groups is 4. The molecular weight excluding hydrogens is 384 g/mol. The highest BCUT2D eigenvalue weighted by Gasteiger charge is 2.43. The van der Waals surface area contributed by atoms with E-state index in [0.29, 0.717) is 6.42 Å². The van der Waals surface area contributed by atoms with Crippen LogP contribution >= 0.6 is 0 Å². The Kier molecular flexibility index (Phi) is 6.41. The second-order valence-corrected chi connectivity index (χ2v) is 7.00. The molecule has 1 aliphatic heterocycles. The van der Waals surface area contributed by atoms with E-state index in [1.807, 2.05) is 6.07 Å².